The lowest BCUT2D eigenvalue weighted by molar-refractivity contribution is -0.150. The summed E-state index contributed by atoms with van der Waals surface area (Å²) in [6, 6.07) is 6.77. The molecule has 1 aromatic heterocycles. The van der Waals surface area contributed by atoms with Crippen LogP contribution in [0.5, 0.6) is 0 Å². The van der Waals surface area contributed by atoms with Gasteiger partial charge in [0.2, 0.25) is 0 Å². The lowest BCUT2D eigenvalue weighted by Crippen LogP contribution is -2.70. The summed E-state index contributed by atoms with van der Waals surface area (Å²) in [5.41, 5.74) is 7.70. The molecule has 1 aromatic carbocycles. The molecular formula is C20H19N5O5S2. The monoisotopic (exact) mass is 473 g/mol. The van der Waals surface area contributed by atoms with Gasteiger partial charge in [0.1, 0.15) is 29.4 Å². The van der Waals surface area contributed by atoms with Gasteiger partial charge in [-0.15, -0.1) is 23.1 Å². The third kappa shape index (κ3) is 4.32. The van der Waals surface area contributed by atoms with E-state index in [4.69, 9.17) is 10.6 Å². The summed E-state index contributed by atoms with van der Waals surface area (Å²) in [5, 5.41) is 17.2. The van der Waals surface area contributed by atoms with Crippen LogP contribution in [0.2, 0.25) is 0 Å². The van der Waals surface area contributed by atoms with Gasteiger partial charge < -0.3 is 21.0 Å². The van der Waals surface area contributed by atoms with E-state index in [0.29, 0.717) is 5.75 Å². The number of aryl methyl sites for hydroxylation is 1. The Morgan fingerprint density at radius 1 is 1.38 bits per heavy atom. The van der Waals surface area contributed by atoms with E-state index in [0.717, 1.165) is 22.5 Å². The van der Waals surface area contributed by atoms with Crippen LogP contribution in [0.4, 0.5) is 5.13 Å². The number of hydrogen-bond donors (Lipinski definition) is 3. The number of carboxylic acids is 1. The highest BCUT2D eigenvalue weighted by molar-refractivity contribution is 8.00. The van der Waals surface area contributed by atoms with Crippen molar-refractivity contribution in [2.75, 3.05) is 11.5 Å². The predicted molar refractivity (Wildman–Crippen MR) is 120 cm³/mol. The number of rotatable bonds is 7. The maximum Gasteiger partial charge on any atom is 0.352 e. The summed E-state index contributed by atoms with van der Waals surface area (Å²) in [5.74, 6) is -1.92. The number of aliphatic carboxylic acids is 1. The molecule has 2 aromatic rings. The van der Waals surface area contributed by atoms with Crippen molar-refractivity contribution in [3.05, 3.63) is 58.2 Å². The lowest BCUT2D eigenvalue weighted by Gasteiger charge is -2.48. The zero-order chi connectivity index (χ0) is 22.8. The molecule has 0 aliphatic carbocycles. The van der Waals surface area contributed by atoms with Crippen LogP contribution in [-0.2, 0) is 25.8 Å². The Bertz CT molecular complexity index is 1130. The second kappa shape index (κ2) is 9.01. The normalized spacial score (nSPS) is 20.2. The van der Waals surface area contributed by atoms with Gasteiger partial charge in [0, 0.05) is 11.1 Å². The van der Waals surface area contributed by atoms with Gasteiger partial charge in [-0.1, -0.05) is 35.0 Å². The van der Waals surface area contributed by atoms with Gasteiger partial charge in [0.15, 0.2) is 10.8 Å². The smallest absolute Gasteiger partial charge is 0.352 e. The highest BCUT2D eigenvalue weighted by Crippen LogP contribution is 2.37. The summed E-state index contributed by atoms with van der Waals surface area (Å²) in [7, 11) is 0. The van der Waals surface area contributed by atoms with Gasteiger partial charge in [-0.3, -0.25) is 14.5 Å². The van der Waals surface area contributed by atoms with E-state index in [-0.39, 0.29) is 28.8 Å². The molecule has 0 spiro atoms. The number of thioether (sulfide) groups is 1. The molecule has 0 saturated carbocycles. The number of carboxylic acid groups (broad SMARTS) is 1. The number of nitrogen functional groups attached to an aromatic ring is 1. The van der Waals surface area contributed by atoms with Crippen LogP contribution in [-0.4, -0.2) is 55.7 Å². The van der Waals surface area contributed by atoms with E-state index in [2.05, 4.69) is 15.5 Å². The molecule has 4 N–H and O–H groups in total. The van der Waals surface area contributed by atoms with E-state index in [1.165, 1.54) is 22.7 Å². The number of carbonyl (C=O) groups is 3. The van der Waals surface area contributed by atoms with E-state index < -0.39 is 29.2 Å². The minimum Gasteiger partial charge on any atom is -0.477 e. The van der Waals surface area contributed by atoms with Crippen molar-refractivity contribution in [3.63, 3.8) is 0 Å². The van der Waals surface area contributed by atoms with Gasteiger partial charge in [0.05, 0.1) is 0 Å². The Morgan fingerprint density at radius 2 is 2.12 bits per heavy atom. The maximum atomic E-state index is 13.0. The van der Waals surface area contributed by atoms with Crippen LogP contribution < -0.4 is 11.1 Å². The number of β-lactam (4-membered cyclic amide) rings is 1. The zero-order valence-corrected chi connectivity index (χ0v) is 18.5. The fourth-order valence-corrected chi connectivity index (χ4v) is 4.95. The first-order chi connectivity index (χ1) is 15.3. The first kappa shape index (κ1) is 21.8. The minimum atomic E-state index is -1.18. The fraction of sp³-hybridized carbons (Fsp3) is 0.250. The third-order valence-corrected chi connectivity index (χ3v) is 6.70. The van der Waals surface area contributed by atoms with Crippen LogP contribution in [0.3, 0.4) is 0 Å². The van der Waals surface area contributed by atoms with Crippen molar-refractivity contribution in [1.82, 2.24) is 15.2 Å². The van der Waals surface area contributed by atoms with Gasteiger partial charge in [-0.25, -0.2) is 9.78 Å². The molecule has 32 heavy (non-hydrogen) atoms. The molecule has 10 nitrogen and oxygen atoms in total. The average molecular weight is 474 g/mol. The Morgan fingerprint density at radius 3 is 2.78 bits per heavy atom. The van der Waals surface area contributed by atoms with Crippen molar-refractivity contribution in [2.45, 2.75) is 24.9 Å². The molecule has 2 aliphatic rings. The molecule has 12 heteroatoms. The number of hydrogen-bond acceptors (Lipinski definition) is 9. The number of anilines is 1. The predicted octanol–water partition coefficient (Wildman–Crippen LogP) is 1.32. The number of oxime groups is 1. The van der Waals surface area contributed by atoms with Crippen molar-refractivity contribution in [3.8, 4) is 0 Å². The highest BCUT2D eigenvalue weighted by atomic mass is 32.2. The van der Waals surface area contributed by atoms with Crippen LogP contribution in [0.1, 0.15) is 16.8 Å². The number of benzene rings is 1. The quantitative estimate of drug-likeness (QED) is 0.310. The molecule has 0 bridgehead atoms. The summed E-state index contributed by atoms with van der Waals surface area (Å²) < 4.78 is 0. The number of fused-ring (bicyclic) bond motifs is 1. The van der Waals surface area contributed by atoms with Crippen LogP contribution in [0.15, 0.2) is 46.6 Å². The summed E-state index contributed by atoms with van der Waals surface area (Å²) in [4.78, 5) is 47.5. The lowest BCUT2D eigenvalue weighted by atomic mass is 10.0. The zero-order valence-electron chi connectivity index (χ0n) is 16.8. The molecule has 0 radical (unpaired) electrons. The van der Waals surface area contributed by atoms with Crippen LogP contribution in [0, 0.1) is 6.92 Å². The topological polar surface area (TPSA) is 147 Å². The number of nitrogens with one attached hydrogen (secondary N) is 1. The third-order valence-electron chi connectivity index (χ3n) is 4.84. The van der Waals surface area contributed by atoms with Crippen molar-refractivity contribution in [1.29, 1.82) is 0 Å². The molecule has 1 unspecified atom stereocenters. The first-order valence-corrected chi connectivity index (χ1v) is 11.4. The maximum absolute atomic E-state index is 13.0. The summed E-state index contributed by atoms with van der Waals surface area (Å²) in [6.45, 7) is 2.11. The van der Waals surface area contributed by atoms with E-state index >= 15 is 0 Å². The molecule has 2 atom stereocenters. The number of nitrogens with two attached hydrogens (primary N) is 1. The molecule has 4 rings (SSSR count). The molecule has 1 fully saturated rings. The Labute approximate surface area is 191 Å². The first-order valence-electron chi connectivity index (χ1n) is 9.51. The van der Waals surface area contributed by atoms with Gasteiger partial charge in [-0.2, -0.15) is 0 Å². The number of aromatic nitrogens is 1. The van der Waals surface area contributed by atoms with Crippen molar-refractivity contribution >= 4 is 51.7 Å². The Balaban J connectivity index is 1.48. The molecule has 2 amide bonds. The molecule has 3 heterocycles. The van der Waals surface area contributed by atoms with Crippen LogP contribution >= 0.6 is 23.1 Å². The standard InChI is InChI=1S/C20H19N5O5S2/c1-10-2-4-11(5-3-10)8-30-24-14(12-9-32-20(21)22-12)16(26)23-15-17(27)25-13(19(28)29)6-7-31-18(15)25/h2-6,9,15,18H,7-8H2,1H3,(H2,21,22)(H,23,26)(H,28,29)/t15?,18-/m0/s1. The van der Waals surface area contributed by atoms with Crippen molar-refractivity contribution < 1.29 is 24.3 Å². The Kier molecular flexibility index (Phi) is 6.15. The number of nitrogens with zero attached hydrogens (tertiary/aromatic N) is 3. The largest absolute Gasteiger partial charge is 0.477 e. The second-order valence-corrected chi connectivity index (χ2v) is 9.09. The average Bonchev–Trinajstić information content (AvgIpc) is 3.21. The van der Waals surface area contributed by atoms with Gasteiger partial charge in [-0.05, 0) is 18.6 Å². The molecular weight excluding hydrogens is 454 g/mol. The SMILES string of the molecule is Cc1ccc(CON=C(C(=O)NC2C(=O)N3C(C(=O)O)=CCS[C@@H]23)c2csc(N)n2)cc1. The molecule has 2 aliphatic heterocycles. The highest BCUT2D eigenvalue weighted by Gasteiger charge is 2.53. The van der Waals surface area contributed by atoms with Crippen LogP contribution in [0.25, 0.3) is 0 Å². The van der Waals surface area contributed by atoms with E-state index in [1.54, 1.807) is 5.38 Å². The Hall–Kier alpha value is -3.38. The molecule has 166 valence electrons. The number of carbonyl (C=O) groups excluding carboxylic acids is 2. The number of amides is 2. The fourth-order valence-electron chi connectivity index (χ4n) is 3.20. The van der Waals surface area contributed by atoms with Gasteiger partial charge >= 0.3 is 5.97 Å². The molecule has 1 saturated heterocycles. The second-order valence-electron chi connectivity index (χ2n) is 7.05. The van der Waals surface area contributed by atoms with Crippen molar-refractivity contribution in [2.24, 2.45) is 5.16 Å². The summed E-state index contributed by atoms with van der Waals surface area (Å²) in [6.07, 6.45) is 1.48. The van der Waals surface area contributed by atoms with E-state index in [9.17, 15) is 19.5 Å². The number of thiazole rings is 1. The van der Waals surface area contributed by atoms with Gasteiger partial charge in [0.25, 0.3) is 11.8 Å². The minimum absolute atomic E-state index is 0.0770. The summed E-state index contributed by atoms with van der Waals surface area (Å²) >= 11 is 2.50. The van der Waals surface area contributed by atoms with E-state index in [1.807, 2.05) is 31.2 Å².